The molecule has 0 aliphatic carbocycles. The van der Waals surface area contributed by atoms with E-state index in [4.69, 9.17) is 9.47 Å². The smallest absolute Gasteiger partial charge is 0.235 e. The molecule has 1 aliphatic heterocycles. The molecule has 86 valence electrons. The van der Waals surface area contributed by atoms with Crippen LogP contribution in [0.1, 0.15) is 11.9 Å². The summed E-state index contributed by atoms with van der Waals surface area (Å²) in [5, 5.41) is 3.06. The lowest BCUT2D eigenvalue weighted by molar-refractivity contribution is -0.113. The zero-order valence-electron chi connectivity index (χ0n) is 8.61. The van der Waals surface area contributed by atoms with Crippen LogP contribution in [-0.2, 0) is 14.3 Å². The molecular formula is C11H12BrNO3. The van der Waals surface area contributed by atoms with E-state index in [1.807, 2.05) is 24.3 Å². The Labute approximate surface area is 102 Å². The maximum atomic E-state index is 11.3. The van der Waals surface area contributed by atoms with Crippen molar-refractivity contribution in [2.75, 3.05) is 23.9 Å². The Kier molecular flexibility index (Phi) is 3.93. The number of carbonyl (C=O) groups excluding carboxylic acids is 1. The zero-order valence-corrected chi connectivity index (χ0v) is 10.2. The number of amides is 1. The summed E-state index contributed by atoms with van der Waals surface area (Å²) in [5.74, 6) is -0.0922. The second kappa shape index (κ2) is 5.43. The Morgan fingerprint density at radius 2 is 2.06 bits per heavy atom. The number of nitrogens with one attached hydrogen (secondary N) is 1. The highest BCUT2D eigenvalue weighted by molar-refractivity contribution is 9.09. The van der Waals surface area contributed by atoms with Crippen LogP contribution in [0.25, 0.3) is 0 Å². The molecule has 1 heterocycles. The summed E-state index contributed by atoms with van der Waals surface area (Å²) in [6.07, 6.45) is -0.369. The quantitative estimate of drug-likeness (QED) is 0.865. The molecule has 16 heavy (non-hydrogen) atoms. The lowest BCUT2D eigenvalue weighted by Gasteiger charge is -2.14. The van der Waals surface area contributed by atoms with Gasteiger partial charge in [0.05, 0.1) is 18.5 Å². The first-order valence-corrected chi connectivity index (χ1v) is 6.11. The Morgan fingerprint density at radius 1 is 1.38 bits per heavy atom. The van der Waals surface area contributed by atoms with E-state index in [0.717, 1.165) is 11.3 Å². The minimum Gasteiger partial charge on any atom is -0.346 e. The Hall–Kier alpha value is -0.910. The molecule has 1 aromatic rings. The van der Waals surface area contributed by atoms with Gasteiger partial charge in [-0.05, 0) is 6.07 Å². The highest BCUT2D eigenvalue weighted by Gasteiger charge is 2.21. The van der Waals surface area contributed by atoms with Crippen molar-refractivity contribution in [3.63, 3.8) is 0 Å². The lowest BCUT2D eigenvalue weighted by atomic mass is 10.1. The van der Waals surface area contributed by atoms with Crippen LogP contribution in [0.2, 0.25) is 0 Å². The number of para-hydroxylation sites is 1. The molecule has 0 unspecified atom stereocenters. The van der Waals surface area contributed by atoms with Crippen LogP contribution in [-0.4, -0.2) is 24.5 Å². The van der Waals surface area contributed by atoms with Gasteiger partial charge in [0.2, 0.25) is 5.91 Å². The highest BCUT2D eigenvalue weighted by Crippen LogP contribution is 2.29. The molecule has 5 heteroatoms. The van der Waals surface area contributed by atoms with Gasteiger partial charge in [0.25, 0.3) is 0 Å². The predicted octanol–water partition coefficient (Wildman–Crippen LogP) is 2.07. The Morgan fingerprint density at radius 3 is 2.75 bits per heavy atom. The SMILES string of the molecule is O=C(CBr)Nc1ccccc1C1OCCO1. The van der Waals surface area contributed by atoms with Crippen LogP contribution >= 0.6 is 15.9 Å². The van der Waals surface area contributed by atoms with E-state index >= 15 is 0 Å². The van der Waals surface area contributed by atoms with Crippen molar-refractivity contribution in [2.45, 2.75) is 6.29 Å². The van der Waals surface area contributed by atoms with Gasteiger partial charge in [-0.15, -0.1) is 0 Å². The van der Waals surface area contributed by atoms with Crippen LogP contribution in [0.15, 0.2) is 24.3 Å². The molecular weight excluding hydrogens is 274 g/mol. The van der Waals surface area contributed by atoms with Gasteiger partial charge in [-0.1, -0.05) is 34.1 Å². The summed E-state index contributed by atoms with van der Waals surface area (Å²) < 4.78 is 10.8. The zero-order chi connectivity index (χ0) is 11.4. The first-order chi connectivity index (χ1) is 7.81. The maximum absolute atomic E-state index is 11.3. The number of rotatable bonds is 3. The average molecular weight is 286 g/mol. The van der Waals surface area contributed by atoms with Gasteiger partial charge in [0.1, 0.15) is 0 Å². The van der Waals surface area contributed by atoms with Gasteiger partial charge in [0.15, 0.2) is 6.29 Å². The topological polar surface area (TPSA) is 47.6 Å². The molecule has 1 amide bonds. The third-order valence-electron chi connectivity index (χ3n) is 2.23. The molecule has 0 atom stereocenters. The van der Waals surface area contributed by atoms with Crippen molar-refractivity contribution in [3.05, 3.63) is 29.8 Å². The third-order valence-corrected chi connectivity index (χ3v) is 2.74. The lowest BCUT2D eigenvalue weighted by Crippen LogP contribution is -2.15. The number of hydrogen-bond donors (Lipinski definition) is 1. The van der Waals surface area contributed by atoms with Crippen LogP contribution in [0.3, 0.4) is 0 Å². The molecule has 0 aromatic heterocycles. The fourth-order valence-corrected chi connectivity index (χ4v) is 1.68. The standard InChI is InChI=1S/C11H12BrNO3/c12-7-10(14)13-9-4-2-1-3-8(9)11-15-5-6-16-11/h1-4,11H,5-7H2,(H,13,14). The van der Waals surface area contributed by atoms with E-state index in [-0.39, 0.29) is 17.5 Å². The van der Waals surface area contributed by atoms with Crippen LogP contribution in [0, 0.1) is 0 Å². The van der Waals surface area contributed by atoms with Crippen molar-refractivity contribution in [1.82, 2.24) is 0 Å². The average Bonchev–Trinajstić information content (AvgIpc) is 2.83. The van der Waals surface area contributed by atoms with E-state index < -0.39 is 0 Å². The number of ether oxygens (including phenoxy) is 2. The van der Waals surface area contributed by atoms with Gasteiger partial charge < -0.3 is 14.8 Å². The van der Waals surface area contributed by atoms with Crippen molar-refractivity contribution in [2.24, 2.45) is 0 Å². The molecule has 0 spiro atoms. The van der Waals surface area contributed by atoms with E-state index in [1.54, 1.807) is 0 Å². The first-order valence-electron chi connectivity index (χ1n) is 4.99. The van der Waals surface area contributed by atoms with E-state index in [2.05, 4.69) is 21.2 Å². The number of anilines is 1. The van der Waals surface area contributed by atoms with Crippen LogP contribution < -0.4 is 5.32 Å². The number of carbonyl (C=O) groups is 1. The summed E-state index contributed by atoms with van der Waals surface area (Å²) >= 11 is 3.11. The number of alkyl halides is 1. The van der Waals surface area contributed by atoms with Crippen molar-refractivity contribution >= 4 is 27.5 Å². The van der Waals surface area contributed by atoms with Crippen molar-refractivity contribution in [3.8, 4) is 0 Å². The Balaban J connectivity index is 2.19. The molecule has 1 N–H and O–H groups in total. The van der Waals surface area contributed by atoms with E-state index in [0.29, 0.717) is 13.2 Å². The summed E-state index contributed by atoms with van der Waals surface area (Å²) in [5.41, 5.74) is 1.59. The second-order valence-electron chi connectivity index (χ2n) is 3.34. The van der Waals surface area contributed by atoms with Gasteiger partial charge in [-0.2, -0.15) is 0 Å². The van der Waals surface area contributed by atoms with Crippen molar-refractivity contribution in [1.29, 1.82) is 0 Å². The minimum atomic E-state index is -0.369. The van der Waals surface area contributed by atoms with Crippen LogP contribution in [0.4, 0.5) is 5.69 Å². The summed E-state index contributed by atoms with van der Waals surface area (Å²) in [7, 11) is 0. The van der Waals surface area contributed by atoms with Gasteiger partial charge in [0, 0.05) is 11.3 Å². The highest BCUT2D eigenvalue weighted by atomic mass is 79.9. The first kappa shape index (κ1) is 11.6. The summed E-state index contributed by atoms with van der Waals surface area (Å²) in [4.78, 5) is 11.3. The fourth-order valence-electron chi connectivity index (χ4n) is 1.54. The molecule has 4 nitrogen and oxygen atoms in total. The monoisotopic (exact) mass is 285 g/mol. The molecule has 1 fully saturated rings. The molecule has 1 aliphatic rings. The number of halogens is 1. The van der Waals surface area contributed by atoms with Crippen molar-refractivity contribution < 1.29 is 14.3 Å². The van der Waals surface area contributed by atoms with Gasteiger partial charge in [-0.3, -0.25) is 4.79 Å². The van der Waals surface area contributed by atoms with Gasteiger partial charge >= 0.3 is 0 Å². The predicted molar refractivity (Wildman–Crippen MR) is 63.5 cm³/mol. The second-order valence-corrected chi connectivity index (χ2v) is 3.90. The third kappa shape index (κ3) is 2.61. The van der Waals surface area contributed by atoms with Gasteiger partial charge in [-0.25, -0.2) is 0 Å². The molecule has 2 rings (SSSR count). The normalized spacial score (nSPS) is 16.3. The van der Waals surface area contributed by atoms with E-state index in [1.165, 1.54) is 0 Å². The summed E-state index contributed by atoms with van der Waals surface area (Å²) in [6, 6.07) is 7.48. The summed E-state index contributed by atoms with van der Waals surface area (Å²) in [6.45, 7) is 1.18. The molecule has 0 bridgehead atoms. The molecule has 1 saturated heterocycles. The number of hydrogen-bond acceptors (Lipinski definition) is 3. The molecule has 0 radical (unpaired) electrons. The van der Waals surface area contributed by atoms with Crippen LogP contribution in [0.5, 0.6) is 0 Å². The number of benzene rings is 1. The largest absolute Gasteiger partial charge is 0.346 e. The van der Waals surface area contributed by atoms with E-state index in [9.17, 15) is 4.79 Å². The Bertz CT molecular complexity index is 377. The minimum absolute atomic E-state index is 0.0922. The maximum Gasteiger partial charge on any atom is 0.235 e. The molecule has 0 saturated carbocycles. The molecule has 1 aromatic carbocycles. The fraction of sp³-hybridized carbons (Fsp3) is 0.364.